The second-order valence-electron chi connectivity index (χ2n) is 6.81. The van der Waals surface area contributed by atoms with E-state index in [4.69, 9.17) is 4.74 Å². The first-order valence-corrected chi connectivity index (χ1v) is 8.10. The summed E-state index contributed by atoms with van der Waals surface area (Å²) in [6.45, 7) is 7.27. The Hall–Kier alpha value is -0.610. The number of aliphatic carboxylic acids is 1. The lowest BCUT2D eigenvalue weighted by Crippen LogP contribution is -2.50. The van der Waals surface area contributed by atoms with Gasteiger partial charge >= 0.3 is 5.97 Å². The van der Waals surface area contributed by atoms with Crippen molar-refractivity contribution in [2.45, 2.75) is 77.0 Å². The van der Waals surface area contributed by atoms with Crippen molar-refractivity contribution < 1.29 is 14.6 Å². The van der Waals surface area contributed by atoms with Crippen molar-refractivity contribution >= 4 is 5.97 Å². The Kier molecular flexibility index (Phi) is 5.08. The molecule has 0 aromatic rings. The molecular formula is C16H29NO3. The smallest absolute Gasteiger partial charge is 0.323 e. The minimum Gasteiger partial charge on any atom is -0.480 e. The first kappa shape index (κ1) is 15.8. The summed E-state index contributed by atoms with van der Waals surface area (Å²) in [5.41, 5.74) is -0.757. The quantitative estimate of drug-likeness (QED) is 0.814. The lowest BCUT2D eigenvalue weighted by molar-refractivity contribution is -0.145. The first-order valence-electron chi connectivity index (χ1n) is 8.10. The fourth-order valence-corrected chi connectivity index (χ4v) is 3.78. The molecule has 116 valence electrons. The van der Waals surface area contributed by atoms with Gasteiger partial charge in [-0.2, -0.15) is 0 Å². The molecule has 20 heavy (non-hydrogen) atoms. The zero-order chi connectivity index (χ0) is 14.8. The summed E-state index contributed by atoms with van der Waals surface area (Å²) in [5, 5.41) is 12.6. The fourth-order valence-electron chi connectivity index (χ4n) is 3.78. The summed E-state index contributed by atoms with van der Waals surface area (Å²) in [4.78, 5) is 11.5. The van der Waals surface area contributed by atoms with Crippen LogP contribution in [-0.4, -0.2) is 35.4 Å². The average Bonchev–Trinajstić information content (AvgIpc) is 2.79. The molecule has 0 spiro atoms. The largest absolute Gasteiger partial charge is 0.480 e. The van der Waals surface area contributed by atoms with Gasteiger partial charge in [0.2, 0.25) is 0 Å². The number of rotatable bonds is 5. The van der Waals surface area contributed by atoms with E-state index in [1.807, 2.05) is 6.92 Å². The molecule has 4 nitrogen and oxygen atoms in total. The lowest BCUT2D eigenvalue weighted by Gasteiger charge is -2.34. The summed E-state index contributed by atoms with van der Waals surface area (Å²) in [6.07, 6.45) is 6.07. The molecule has 0 saturated heterocycles. The summed E-state index contributed by atoms with van der Waals surface area (Å²) in [6, 6.07) is 0. The zero-order valence-electron chi connectivity index (χ0n) is 13.0. The first-order chi connectivity index (χ1) is 9.47. The molecule has 0 radical (unpaired) electrons. The predicted molar refractivity (Wildman–Crippen MR) is 78.7 cm³/mol. The molecule has 2 rings (SSSR count). The highest BCUT2D eigenvalue weighted by atomic mass is 16.5. The molecule has 0 aromatic heterocycles. The van der Waals surface area contributed by atoms with E-state index in [0.29, 0.717) is 31.4 Å². The molecule has 0 heterocycles. The van der Waals surface area contributed by atoms with E-state index in [2.05, 4.69) is 19.2 Å². The molecule has 4 heteroatoms. The van der Waals surface area contributed by atoms with E-state index in [1.54, 1.807) is 0 Å². The van der Waals surface area contributed by atoms with Gasteiger partial charge in [0.25, 0.3) is 0 Å². The third kappa shape index (κ3) is 3.34. The van der Waals surface area contributed by atoms with Crippen molar-refractivity contribution in [3.63, 3.8) is 0 Å². The monoisotopic (exact) mass is 283 g/mol. The fraction of sp³-hybridized carbons (Fsp3) is 0.938. The van der Waals surface area contributed by atoms with E-state index in [-0.39, 0.29) is 6.10 Å². The van der Waals surface area contributed by atoms with E-state index in [0.717, 1.165) is 25.2 Å². The maximum Gasteiger partial charge on any atom is 0.323 e. The number of hydrogen-bond donors (Lipinski definition) is 2. The number of carboxylic acid groups (broad SMARTS) is 1. The normalized spacial score (nSPS) is 41.8. The van der Waals surface area contributed by atoms with Gasteiger partial charge in [0.15, 0.2) is 0 Å². The van der Waals surface area contributed by atoms with Crippen molar-refractivity contribution in [1.29, 1.82) is 0 Å². The minimum absolute atomic E-state index is 0.107. The SMILES string of the molecule is CCNC1(C(=O)O)CCC(OC2CCC(C)C(C)C2)C1. The second-order valence-corrected chi connectivity index (χ2v) is 6.81. The molecule has 2 saturated carbocycles. The van der Waals surface area contributed by atoms with Crippen LogP contribution in [0.1, 0.15) is 59.3 Å². The molecule has 0 aliphatic heterocycles. The van der Waals surface area contributed by atoms with Gasteiger partial charge in [-0.1, -0.05) is 20.8 Å². The van der Waals surface area contributed by atoms with Crippen LogP contribution < -0.4 is 5.32 Å². The lowest BCUT2D eigenvalue weighted by atomic mass is 9.80. The van der Waals surface area contributed by atoms with Crippen LogP contribution in [0, 0.1) is 11.8 Å². The Balaban J connectivity index is 1.88. The molecule has 2 aliphatic carbocycles. The third-order valence-electron chi connectivity index (χ3n) is 5.33. The molecule has 5 atom stereocenters. The van der Waals surface area contributed by atoms with E-state index >= 15 is 0 Å². The van der Waals surface area contributed by atoms with Gasteiger partial charge in [-0.05, 0) is 50.5 Å². The van der Waals surface area contributed by atoms with Crippen LogP contribution in [-0.2, 0) is 9.53 Å². The van der Waals surface area contributed by atoms with Gasteiger partial charge < -0.3 is 15.2 Å². The Labute approximate surface area is 122 Å². The van der Waals surface area contributed by atoms with Crippen LogP contribution in [0.25, 0.3) is 0 Å². The number of likely N-dealkylation sites (N-methyl/N-ethyl adjacent to an activating group) is 1. The zero-order valence-corrected chi connectivity index (χ0v) is 13.0. The molecule has 5 unspecified atom stereocenters. The van der Waals surface area contributed by atoms with Gasteiger partial charge in [0, 0.05) is 6.42 Å². The number of nitrogens with one attached hydrogen (secondary N) is 1. The van der Waals surface area contributed by atoms with Crippen molar-refractivity contribution in [2.75, 3.05) is 6.54 Å². The van der Waals surface area contributed by atoms with Gasteiger partial charge in [-0.3, -0.25) is 4.79 Å². The van der Waals surface area contributed by atoms with Gasteiger partial charge in [0.05, 0.1) is 12.2 Å². The second kappa shape index (κ2) is 6.44. The molecule has 2 N–H and O–H groups in total. The molecule has 2 fully saturated rings. The molecule has 0 aromatic carbocycles. The maximum absolute atomic E-state index is 11.5. The molecule has 0 bridgehead atoms. The van der Waals surface area contributed by atoms with Crippen molar-refractivity contribution in [3.05, 3.63) is 0 Å². The maximum atomic E-state index is 11.5. The van der Waals surface area contributed by atoms with E-state index < -0.39 is 11.5 Å². The van der Waals surface area contributed by atoms with Gasteiger partial charge in [-0.25, -0.2) is 0 Å². The van der Waals surface area contributed by atoms with Crippen LogP contribution in [0.2, 0.25) is 0 Å². The standard InChI is InChI=1S/C16H29NO3/c1-4-17-16(15(18)19)8-7-14(10-16)20-13-6-5-11(2)12(3)9-13/h11-14,17H,4-10H2,1-3H3,(H,18,19). The highest BCUT2D eigenvalue weighted by Gasteiger charge is 2.46. The number of ether oxygens (including phenoxy) is 1. The van der Waals surface area contributed by atoms with Crippen molar-refractivity contribution in [1.82, 2.24) is 5.32 Å². The number of carbonyl (C=O) groups is 1. The molecule has 2 aliphatic rings. The summed E-state index contributed by atoms with van der Waals surface area (Å²) >= 11 is 0. The number of hydrogen-bond acceptors (Lipinski definition) is 3. The van der Waals surface area contributed by atoms with Crippen LogP contribution in [0.3, 0.4) is 0 Å². The average molecular weight is 283 g/mol. The molecular weight excluding hydrogens is 254 g/mol. The Morgan fingerprint density at radius 2 is 2.00 bits per heavy atom. The predicted octanol–water partition coefficient (Wildman–Crippen LogP) is 2.81. The van der Waals surface area contributed by atoms with E-state index in [9.17, 15) is 9.90 Å². The summed E-state index contributed by atoms with van der Waals surface area (Å²) in [7, 11) is 0. The van der Waals surface area contributed by atoms with E-state index in [1.165, 1.54) is 6.42 Å². The van der Waals surface area contributed by atoms with Gasteiger partial charge in [-0.15, -0.1) is 0 Å². The Morgan fingerprint density at radius 1 is 1.25 bits per heavy atom. The third-order valence-corrected chi connectivity index (χ3v) is 5.33. The van der Waals surface area contributed by atoms with Crippen LogP contribution in [0.4, 0.5) is 0 Å². The Bertz CT molecular complexity index is 347. The summed E-state index contributed by atoms with van der Waals surface area (Å²) < 4.78 is 6.22. The summed E-state index contributed by atoms with van der Waals surface area (Å²) in [5.74, 6) is 0.780. The van der Waals surface area contributed by atoms with Crippen molar-refractivity contribution in [2.24, 2.45) is 11.8 Å². The minimum atomic E-state index is -0.757. The van der Waals surface area contributed by atoms with Gasteiger partial charge in [0.1, 0.15) is 5.54 Å². The topological polar surface area (TPSA) is 58.6 Å². The highest BCUT2D eigenvalue weighted by molar-refractivity contribution is 5.79. The highest BCUT2D eigenvalue weighted by Crippen LogP contribution is 2.37. The van der Waals surface area contributed by atoms with Crippen molar-refractivity contribution in [3.8, 4) is 0 Å². The van der Waals surface area contributed by atoms with Crippen LogP contribution >= 0.6 is 0 Å². The van der Waals surface area contributed by atoms with Crippen LogP contribution in [0.5, 0.6) is 0 Å². The molecule has 0 amide bonds. The Morgan fingerprint density at radius 3 is 2.60 bits per heavy atom. The number of carboxylic acids is 1. The van der Waals surface area contributed by atoms with Crippen LogP contribution in [0.15, 0.2) is 0 Å².